The molecule has 2 rings (SSSR count). The van der Waals surface area contributed by atoms with Crippen molar-refractivity contribution in [1.29, 1.82) is 0 Å². The van der Waals surface area contributed by atoms with Crippen LogP contribution in [0.1, 0.15) is 15.2 Å². The van der Waals surface area contributed by atoms with Crippen LogP contribution in [-0.4, -0.2) is 30.4 Å². The molecule has 0 aliphatic rings. The Morgan fingerprint density at radius 1 is 1.26 bits per heavy atom. The molecule has 0 aliphatic heterocycles. The molecule has 1 aromatic heterocycles. The first-order valence-corrected chi connectivity index (χ1v) is 8.14. The number of esters is 1. The van der Waals surface area contributed by atoms with Gasteiger partial charge in [-0.3, -0.25) is 4.79 Å². The Hall–Kier alpha value is -1.76. The molecule has 2 aromatic rings. The molecule has 0 spiro atoms. The van der Waals surface area contributed by atoms with Crippen molar-refractivity contribution in [2.45, 2.75) is 6.54 Å². The molecule has 0 bridgehead atoms. The van der Waals surface area contributed by atoms with Gasteiger partial charge in [-0.2, -0.15) is 0 Å². The van der Waals surface area contributed by atoms with Crippen LogP contribution >= 0.6 is 34.5 Å². The average Bonchev–Trinajstić information content (AvgIpc) is 2.89. The molecule has 8 heteroatoms. The molecular weight excluding hydrogens is 359 g/mol. The maximum atomic E-state index is 12.0. The van der Waals surface area contributed by atoms with Crippen LogP contribution in [-0.2, 0) is 16.1 Å². The van der Waals surface area contributed by atoms with E-state index in [-0.39, 0.29) is 23.8 Å². The fourth-order valence-corrected chi connectivity index (χ4v) is 3.12. The number of halogens is 2. The van der Waals surface area contributed by atoms with Crippen LogP contribution in [0.3, 0.4) is 0 Å². The molecule has 2 N–H and O–H groups in total. The zero-order valence-corrected chi connectivity index (χ0v) is 14.5. The van der Waals surface area contributed by atoms with E-state index in [1.165, 1.54) is 34.4 Å². The number of hydrogen-bond acceptors (Lipinski definition) is 5. The van der Waals surface area contributed by atoms with Crippen LogP contribution in [0.2, 0.25) is 9.36 Å². The van der Waals surface area contributed by atoms with Gasteiger partial charge in [0.25, 0.3) is 5.91 Å². The van der Waals surface area contributed by atoms with Gasteiger partial charge in [0.2, 0.25) is 0 Å². The third-order valence-electron chi connectivity index (χ3n) is 3.01. The lowest BCUT2D eigenvalue weighted by Gasteiger charge is -2.16. The second kappa shape index (κ2) is 7.68. The number of hydrogen-bond donors (Lipinski definition) is 1. The van der Waals surface area contributed by atoms with Crippen molar-refractivity contribution in [3.63, 3.8) is 0 Å². The predicted octanol–water partition coefficient (Wildman–Crippen LogP) is 3.45. The Morgan fingerprint density at radius 3 is 2.61 bits per heavy atom. The van der Waals surface area contributed by atoms with Crippen LogP contribution < -0.4 is 5.73 Å². The Kier molecular flexibility index (Phi) is 5.87. The smallest absolute Gasteiger partial charge is 0.340 e. The number of carbonyl (C=O) groups is 2. The van der Waals surface area contributed by atoms with Crippen molar-refractivity contribution < 1.29 is 14.3 Å². The SMILES string of the molecule is CN(Cc1ccc(Cl)s1)C(=O)COC(=O)c1ccc(Cl)cc1N. The van der Waals surface area contributed by atoms with Gasteiger partial charge in [-0.25, -0.2) is 4.79 Å². The minimum absolute atomic E-state index is 0.176. The molecule has 1 aromatic carbocycles. The molecule has 0 saturated heterocycles. The van der Waals surface area contributed by atoms with E-state index < -0.39 is 5.97 Å². The van der Waals surface area contributed by atoms with Gasteiger partial charge < -0.3 is 15.4 Å². The van der Waals surface area contributed by atoms with E-state index in [0.29, 0.717) is 15.9 Å². The highest BCUT2D eigenvalue weighted by Crippen LogP contribution is 2.22. The van der Waals surface area contributed by atoms with Crippen molar-refractivity contribution in [1.82, 2.24) is 4.90 Å². The maximum absolute atomic E-state index is 12.0. The second-order valence-corrected chi connectivity index (χ2v) is 7.00. The summed E-state index contributed by atoms with van der Waals surface area (Å²) in [5.74, 6) is -0.990. The number of nitrogens with zero attached hydrogens (tertiary/aromatic N) is 1. The number of thiophene rings is 1. The first-order valence-electron chi connectivity index (χ1n) is 6.57. The summed E-state index contributed by atoms with van der Waals surface area (Å²) >= 11 is 13.0. The van der Waals surface area contributed by atoms with E-state index in [9.17, 15) is 9.59 Å². The van der Waals surface area contributed by atoms with Crippen LogP contribution in [0.15, 0.2) is 30.3 Å². The minimum atomic E-state index is -0.667. The van der Waals surface area contributed by atoms with Gasteiger partial charge in [0, 0.05) is 22.6 Å². The Morgan fingerprint density at radius 2 is 2.00 bits per heavy atom. The van der Waals surface area contributed by atoms with Gasteiger partial charge in [-0.05, 0) is 30.3 Å². The number of nitrogens with two attached hydrogens (primary N) is 1. The summed E-state index contributed by atoms with van der Waals surface area (Å²) in [7, 11) is 1.63. The number of ether oxygens (including phenoxy) is 1. The molecular formula is C15H14Cl2N2O3S. The summed E-state index contributed by atoms with van der Waals surface area (Å²) in [6, 6.07) is 8.05. The Labute approximate surface area is 147 Å². The van der Waals surface area contributed by atoms with E-state index in [1.54, 1.807) is 13.1 Å². The first kappa shape index (κ1) is 17.6. The highest BCUT2D eigenvalue weighted by Gasteiger charge is 2.16. The van der Waals surface area contributed by atoms with Crippen molar-refractivity contribution in [2.75, 3.05) is 19.4 Å². The highest BCUT2D eigenvalue weighted by atomic mass is 35.5. The molecule has 122 valence electrons. The minimum Gasteiger partial charge on any atom is -0.452 e. The molecule has 0 aliphatic carbocycles. The second-order valence-electron chi connectivity index (χ2n) is 4.76. The molecule has 0 atom stereocenters. The molecule has 5 nitrogen and oxygen atoms in total. The van der Waals surface area contributed by atoms with Crippen LogP contribution in [0.25, 0.3) is 0 Å². The van der Waals surface area contributed by atoms with E-state index in [4.69, 9.17) is 33.7 Å². The largest absolute Gasteiger partial charge is 0.452 e. The van der Waals surface area contributed by atoms with Gasteiger partial charge in [0.1, 0.15) is 0 Å². The lowest BCUT2D eigenvalue weighted by atomic mass is 10.2. The van der Waals surface area contributed by atoms with Crippen molar-refractivity contribution in [2.24, 2.45) is 0 Å². The molecule has 0 fully saturated rings. The standard InChI is InChI=1S/C15H14Cl2N2O3S/c1-19(7-10-3-5-13(17)23-10)14(20)8-22-15(21)11-4-2-9(16)6-12(11)18/h2-6H,7-8,18H2,1H3. The highest BCUT2D eigenvalue weighted by molar-refractivity contribution is 7.16. The Balaban J connectivity index is 1.89. The average molecular weight is 373 g/mol. The lowest BCUT2D eigenvalue weighted by Crippen LogP contribution is -2.30. The van der Waals surface area contributed by atoms with Gasteiger partial charge in [-0.1, -0.05) is 23.2 Å². The first-order chi connectivity index (χ1) is 10.9. The number of benzene rings is 1. The summed E-state index contributed by atoms with van der Waals surface area (Å²) in [5.41, 5.74) is 6.08. The quantitative estimate of drug-likeness (QED) is 0.644. The van der Waals surface area contributed by atoms with E-state index in [0.717, 1.165) is 4.88 Å². The van der Waals surface area contributed by atoms with E-state index in [2.05, 4.69) is 0 Å². The van der Waals surface area contributed by atoms with Crippen LogP contribution in [0, 0.1) is 0 Å². The molecule has 0 unspecified atom stereocenters. The van der Waals surface area contributed by atoms with Crippen molar-refractivity contribution in [3.05, 3.63) is 50.1 Å². The number of nitrogen functional groups attached to an aromatic ring is 1. The van der Waals surface area contributed by atoms with E-state index >= 15 is 0 Å². The van der Waals surface area contributed by atoms with E-state index in [1.807, 2.05) is 6.07 Å². The van der Waals surface area contributed by atoms with Gasteiger partial charge in [0.15, 0.2) is 6.61 Å². The summed E-state index contributed by atoms with van der Waals surface area (Å²) in [5, 5.41) is 0.421. The number of likely N-dealkylation sites (N-methyl/N-ethyl adjacent to an activating group) is 1. The molecule has 1 heterocycles. The number of carbonyl (C=O) groups excluding carboxylic acids is 2. The Bertz CT molecular complexity index is 733. The van der Waals surface area contributed by atoms with Crippen molar-refractivity contribution in [3.8, 4) is 0 Å². The third-order valence-corrected chi connectivity index (χ3v) is 4.46. The topological polar surface area (TPSA) is 72.6 Å². The molecule has 0 saturated carbocycles. The third kappa shape index (κ3) is 4.86. The fraction of sp³-hybridized carbons (Fsp3) is 0.200. The number of anilines is 1. The lowest BCUT2D eigenvalue weighted by molar-refractivity contribution is -0.133. The zero-order valence-electron chi connectivity index (χ0n) is 12.2. The zero-order chi connectivity index (χ0) is 17.0. The molecule has 23 heavy (non-hydrogen) atoms. The maximum Gasteiger partial charge on any atom is 0.340 e. The molecule has 1 amide bonds. The summed E-state index contributed by atoms with van der Waals surface area (Å²) in [4.78, 5) is 26.3. The summed E-state index contributed by atoms with van der Waals surface area (Å²) < 4.78 is 5.66. The van der Waals surface area contributed by atoms with Gasteiger partial charge in [0.05, 0.1) is 16.4 Å². The summed E-state index contributed by atoms with van der Waals surface area (Å²) in [6.45, 7) is 0.0351. The predicted molar refractivity (Wildman–Crippen MR) is 91.9 cm³/mol. The number of rotatable bonds is 5. The molecule has 0 radical (unpaired) electrons. The van der Waals surface area contributed by atoms with Crippen LogP contribution in [0.5, 0.6) is 0 Å². The summed E-state index contributed by atoms with van der Waals surface area (Å²) in [6.07, 6.45) is 0. The normalized spacial score (nSPS) is 10.4. The van der Waals surface area contributed by atoms with Crippen LogP contribution in [0.4, 0.5) is 5.69 Å². The van der Waals surface area contributed by atoms with Gasteiger partial charge >= 0.3 is 5.97 Å². The fourth-order valence-electron chi connectivity index (χ4n) is 1.79. The monoisotopic (exact) mass is 372 g/mol. The number of amides is 1. The van der Waals surface area contributed by atoms with Gasteiger partial charge in [-0.15, -0.1) is 11.3 Å². The van der Waals surface area contributed by atoms with Crippen molar-refractivity contribution >= 4 is 52.1 Å².